The molecule has 0 aromatic heterocycles. The number of halogens is 1. The predicted octanol–water partition coefficient (Wildman–Crippen LogP) is 4.60. The molecule has 0 fully saturated rings. The van der Waals surface area contributed by atoms with Gasteiger partial charge in [0.05, 0.1) is 16.1 Å². The lowest BCUT2D eigenvalue weighted by Gasteiger charge is -2.30. The fourth-order valence-electron chi connectivity index (χ4n) is 4.07. The Bertz CT molecular complexity index is 981. The van der Waals surface area contributed by atoms with Gasteiger partial charge in [-0.3, -0.25) is 0 Å². The van der Waals surface area contributed by atoms with E-state index in [1.165, 1.54) is 37.1 Å². The van der Waals surface area contributed by atoms with Crippen molar-refractivity contribution in [3.63, 3.8) is 0 Å². The van der Waals surface area contributed by atoms with Crippen LogP contribution in [0.2, 0.25) is 39.3 Å². The molecule has 0 saturated heterocycles. The second-order valence-electron chi connectivity index (χ2n) is 10.7. The summed E-state index contributed by atoms with van der Waals surface area (Å²) in [5, 5.41) is 6.86. The van der Waals surface area contributed by atoms with Crippen LogP contribution in [0.1, 0.15) is 11.1 Å². The Balaban J connectivity index is 2.34. The Morgan fingerprint density at radius 3 is 1.23 bits per heavy atom. The Morgan fingerprint density at radius 1 is 0.500 bits per heavy atom. The highest BCUT2D eigenvalue weighted by Crippen LogP contribution is 2.15. The topological polar surface area (TPSA) is 0 Å². The zero-order valence-electron chi connectivity index (χ0n) is 19.7. The molecular weight excluding hydrogens is 432 g/mol. The van der Waals surface area contributed by atoms with Gasteiger partial charge in [-0.1, -0.05) is 128 Å². The van der Waals surface area contributed by atoms with Crippen molar-refractivity contribution in [2.75, 3.05) is 0 Å². The zero-order valence-corrected chi connectivity index (χ0v) is 23.5. The molecule has 0 amide bonds. The van der Waals surface area contributed by atoms with Crippen molar-refractivity contribution in [1.82, 2.24) is 0 Å². The maximum atomic E-state index is 7.87. The first-order valence-electron chi connectivity index (χ1n) is 10.8. The molecule has 0 N–H and O–H groups in total. The molecule has 30 heavy (non-hydrogen) atoms. The normalized spacial score (nSPS) is 12.8. The zero-order chi connectivity index (χ0) is 22.3. The van der Waals surface area contributed by atoms with Gasteiger partial charge in [0.25, 0.3) is 0 Å². The molecule has 0 aliphatic heterocycles. The van der Waals surface area contributed by atoms with Crippen molar-refractivity contribution in [2.24, 2.45) is 0 Å². The molecule has 0 aliphatic carbocycles. The molecule has 0 heterocycles. The van der Waals surface area contributed by atoms with E-state index in [0.717, 1.165) is 0 Å². The van der Waals surface area contributed by atoms with Crippen LogP contribution in [0.15, 0.2) is 66.7 Å². The third-order valence-electron chi connectivity index (χ3n) is 5.87. The van der Waals surface area contributed by atoms with Crippen LogP contribution >= 0.6 is 11.1 Å². The van der Waals surface area contributed by atoms with E-state index in [4.69, 9.17) is 11.1 Å². The van der Waals surface area contributed by atoms with Gasteiger partial charge in [-0.05, 0) is 29.4 Å². The second kappa shape index (κ2) is 8.27. The molecule has 3 aromatic rings. The van der Waals surface area contributed by atoms with Crippen LogP contribution in [0.4, 0.5) is 0 Å². The summed E-state index contributed by atoms with van der Waals surface area (Å²) in [4.78, 5) is 0. The Labute approximate surface area is 191 Å². The fourth-order valence-corrected chi connectivity index (χ4v) is 11.0. The molecule has 0 radical (unpaired) electrons. The van der Waals surface area contributed by atoms with E-state index < -0.39 is 23.5 Å². The van der Waals surface area contributed by atoms with E-state index in [1.54, 1.807) is 0 Å². The second-order valence-corrected chi connectivity index (χ2v) is 25.6. The van der Waals surface area contributed by atoms with Gasteiger partial charge >= 0.3 is 0 Å². The van der Waals surface area contributed by atoms with Crippen LogP contribution in [-0.4, -0.2) is 23.5 Å². The van der Waals surface area contributed by atoms with Gasteiger partial charge in [-0.2, -0.15) is 0 Å². The van der Waals surface area contributed by atoms with Crippen LogP contribution in [-0.2, 0) is 0 Å². The molecule has 3 rings (SSSR count). The van der Waals surface area contributed by atoms with E-state index in [1.807, 2.05) is 0 Å². The van der Waals surface area contributed by atoms with Crippen molar-refractivity contribution in [1.29, 1.82) is 0 Å². The first kappa shape index (κ1) is 23.3. The number of hydrogen-bond donors (Lipinski definition) is 0. The number of rotatable bonds is 5. The summed E-state index contributed by atoms with van der Waals surface area (Å²) in [6.45, 7) is 18.8. The summed E-state index contributed by atoms with van der Waals surface area (Å²) in [6, 6.07) is 25.3. The first-order chi connectivity index (χ1) is 13.8. The van der Waals surface area contributed by atoms with Gasteiger partial charge in [-0.25, -0.2) is 0 Å². The molecule has 0 bridgehead atoms. The molecule has 0 atom stereocenters. The van der Waals surface area contributed by atoms with Gasteiger partial charge in [0.1, 0.15) is 0 Å². The van der Waals surface area contributed by atoms with Crippen LogP contribution in [0.25, 0.3) is 0 Å². The van der Waals surface area contributed by atoms with Crippen molar-refractivity contribution >= 4 is 60.5 Å². The molecule has 158 valence electrons. The quantitative estimate of drug-likeness (QED) is 0.293. The minimum Gasteiger partial charge on any atom is -0.149 e. The Hall–Kier alpha value is -1.40. The molecule has 0 spiro atoms. The van der Waals surface area contributed by atoms with E-state index in [2.05, 4.69) is 120 Å². The Morgan fingerprint density at radius 2 is 0.867 bits per heavy atom. The van der Waals surface area contributed by atoms with Crippen molar-refractivity contribution in [2.45, 2.75) is 53.1 Å². The minimum absolute atomic E-state index is 1.28. The summed E-state index contributed by atoms with van der Waals surface area (Å²) in [5.74, 6) is 0. The summed E-state index contributed by atoms with van der Waals surface area (Å²) in [7, 11) is -5.52. The maximum Gasteiger partial charge on any atom is 0.247 e. The SMILES string of the molecule is Cc1cc(C)cc([Si](Cl)(c2cccc([Si](C)(C)C)c2)c2cccc([Si](C)(C)C)c2)c1. The van der Waals surface area contributed by atoms with Crippen molar-refractivity contribution in [3.05, 3.63) is 77.9 Å². The van der Waals surface area contributed by atoms with Crippen LogP contribution < -0.4 is 25.9 Å². The van der Waals surface area contributed by atoms with E-state index in [0.29, 0.717) is 0 Å². The van der Waals surface area contributed by atoms with Gasteiger partial charge in [-0.15, -0.1) is 11.1 Å². The summed E-state index contributed by atoms with van der Waals surface area (Å²) in [6.07, 6.45) is 0. The van der Waals surface area contributed by atoms with E-state index >= 15 is 0 Å². The molecule has 0 nitrogen and oxygen atoms in total. The Kier molecular flexibility index (Phi) is 6.41. The average molecular weight is 467 g/mol. The monoisotopic (exact) mass is 466 g/mol. The van der Waals surface area contributed by atoms with Crippen molar-refractivity contribution in [3.8, 4) is 0 Å². The molecule has 0 aliphatic rings. The number of aryl methyl sites for hydroxylation is 2. The van der Waals surface area contributed by atoms with E-state index in [9.17, 15) is 0 Å². The summed E-state index contributed by atoms with van der Waals surface area (Å²) >= 11 is 7.87. The van der Waals surface area contributed by atoms with Crippen LogP contribution in [0.3, 0.4) is 0 Å². The third-order valence-corrected chi connectivity index (χ3v) is 15.2. The lowest BCUT2D eigenvalue weighted by atomic mass is 10.2. The van der Waals surface area contributed by atoms with Gasteiger partial charge in [0.2, 0.25) is 7.38 Å². The third kappa shape index (κ3) is 4.75. The smallest absolute Gasteiger partial charge is 0.149 e. The first-order valence-corrected chi connectivity index (χ1v) is 20.8. The highest BCUT2D eigenvalue weighted by Gasteiger charge is 2.39. The summed E-state index contributed by atoms with van der Waals surface area (Å²) in [5.41, 5.74) is 2.57. The van der Waals surface area contributed by atoms with Crippen LogP contribution in [0.5, 0.6) is 0 Å². The number of hydrogen-bond acceptors (Lipinski definition) is 0. The van der Waals surface area contributed by atoms with Gasteiger partial charge in [0, 0.05) is 0 Å². The van der Waals surface area contributed by atoms with Gasteiger partial charge in [0.15, 0.2) is 0 Å². The predicted molar refractivity (Wildman–Crippen MR) is 145 cm³/mol. The average Bonchev–Trinajstić information content (AvgIpc) is 2.65. The summed E-state index contributed by atoms with van der Waals surface area (Å²) < 4.78 is 0. The molecule has 0 saturated carbocycles. The number of benzene rings is 3. The minimum atomic E-state index is -2.64. The molecule has 0 unspecified atom stereocenters. The lowest BCUT2D eigenvalue weighted by Crippen LogP contribution is -2.64. The largest absolute Gasteiger partial charge is 0.247 e. The fraction of sp³-hybridized carbons (Fsp3) is 0.308. The highest BCUT2D eigenvalue weighted by molar-refractivity contribution is 7.40. The standard InChI is InChI=1S/C26H35ClSi3/c1-20-15-21(2)17-26(16-20)30(27,24-13-9-11-22(18-24)28(3,4)5)25-14-10-12-23(19-25)29(6,7)8/h9-19H,1-8H3. The van der Waals surface area contributed by atoms with E-state index in [-0.39, 0.29) is 0 Å². The van der Waals surface area contributed by atoms with Crippen LogP contribution in [0, 0.1) is 13.8 Å². The highest BCUT2D eigenvalue weighted by atomic mass is 35.6. The maximum absolute atomic E-state index is 7.87. The molecular formula is C26H35ClSi3. The lowest BCUT2D eigenvalue weighted by molar-refractivity contribution is 1.40. The van der Waals surface area contributed by atoms with Gasteiger partial charge < -0.3 is 0 Å². The molecule has 4 heteroatoms. The molecule has 3 aromatic carbocycles. The van der Waals surface area contributed by atoms with Crippen molar-refractivity contribution < 1.29 is 0 Å².